The number of rotatable bonds is 8. The third-order valence-corrected chi connectivity index (χ3v) is 9.84. The molecule has 0 spiro atoms. The van der Waals surface area contributed by atoms with Gasteiger partial charge in [0.15, 0.2) is 0 Å². The molecule has 3 aliphatic heterocycles. The zero-order valence-corrected chi connectivity index (χ0v) is 27.8. The van der Waals surface area contributed by atoms with E-state index < -0.39 is 17.5 Å². The maximum atomic E-state index is 15.6. The number of amides is 3. The quantitative estimate of drug-likeness (QED) is 0.261. The van der Waals surface area contributed by atoms with Crippen molar-refractivity contribution in [1.29, 1.82) is 5.26 Å². The van der Waals surface area contributed by atoms with E-state index in [4.69, 9.17) is 5.73 Å². The molecule has 4 aromatic carbocycles. The smallest absolute Gasteiger partial charge is 0.259 e. The number of nitrogens with zero attached hydrogens (tertiary/aromatic N) is 4. The molecule has 7 rings (SSSR count). The first-order valence-corrected chi connectivity index (χ1v) is 16.8. The second kappa shape index (κ2) is 12.7. The number of nitriles is 1. The SMILES string of the molecule is CC(C)(N)Cc1cc(N2CCN(Cc3ccc(Cc4ccc5c6c(cccc46)C(=O)N5[C@H]4CCC(=O)NC4=O)c(F)c3)CC2)ccc1C#N. The molecule has 1 atom stereocenters. The first-order chi connectivity index (χ1) is 23.5. The van der Waals surface area contributed by atoms with E-state index in [-0.39, 0.29) is 30.5 Å². The minimum atomic E-state index is -0.752. The Labute approximate surface area is 285 Å². The van der Waals surface area contributed by atoms with Gasteiger partial charge in [-0.15, -0.1) is 0 Å². The molecule has 250 valence electrons. The number of anilines is 2. The Kier molecular flexibility index (Phi) is 8.43. The van der Waals surface area contributed by atoms with E-state index in [1.165, 1.54) is 4.90 Å². The van der Waals surface area contributed by atoms with Gasteiger partial charge in [-0.05, 0) is 90.7 Å². The highest BCUT2D eigenvalue weighted by Gasteiger charge is 2.40. The van der Waals surface area contributed by atoms with Crippen molar-refractivity contribution in [2.75, 3.05) is 36.0 Å². The minimum Gasteiger partial charge on any atom is -0.369 e. The van der Waals surface area contributed by atoms with Crippen LogP contribution in [0, 0.1) is 17.1 Å². The Bertz CT molecular complexity index is 2040. The molecule has 49 heavy (non-hydrogen) atoms. The van der Waals surface area contributed by atoms with E-state index in [2.05, 4.69) is 27.3 Å². The van der Waals surface area contributed by atoms with Gasteiger partial charge in [0.25, 0.3) is 5.91 Å². The van der Waals surface area contributed by atoms with Gasteiger partial charge in [0.2, 0.25) is 11.8 Å². The highest BCUT2D eigenvalue weighted by molar-refractivity contribution is 6.27. The summed E-state index contributed by atoms with van der Waals surface area (Å²) in [6.07, 6.45) is 1.42. The topological polar surface area (TPSA) is 123 Å². The lowest BCUT2D eigenvalue weighted by molar-refractivity contribution is -0.134. The van der Waals surface area contributed by atoms with Gasteiger partial charge in [0, 0.05) is 67.7 Å². The molecule has 0 saturated carbocycles. The second-order valence-electron chi connectivity index (χ2n) is 14.1. The van der Waals surface area contributed by atoms with Gasteiger partial charge in [0.05, 0.1) is 17.3 Å². The van der Waals surface area contributed by atoms with Crippen molar-refractivity contribution in [1.82, 2.24) is 10.2 Å². The molecule has 9 nitrogen and oxygen atoms in total. The fourth-order valence-corrected chi connectivity index (χ4v) is 7.44. The highest BCUT2D eigenvalue weighted by atomic mass is 19.1. The van der Waals surface area contributed by atoms with Crippen LogP contribution in [0.2, 0.25) is 0 Å². The molecule has 0 aliphatic carbocycles. The van der Waals surface area contributed by atoms with Crippen molar-refractivity contribution in [3.63, 3.8) is 0 Å². The number of imide groups is 1. The summed E-state index contributed by atoms with van der Waals surface area (Å²) in [7, 11) is 0. The first-order valence-electron chi connectivity index (χ1n) is 16.8. The average molecular weight is 659 g/mol. The molecule has 3 heterocycles. The van der Waals surface area contributed by atoms with Gasteiger partial charge in [0.1, 0.15) is 11.9 Å². The Hall–Kier alpha value is -5.11. The van der Waals surface area contributed by atoms with Crippen LogP contribution in [-0.4, -0.2) is 60.4 Å². The van der Waals surface area contributed by atoms with Gasteiger partial charge in [-0.2, -0.15) is 5.26 Å². The lowest BCUT2D eigenvalue weighted by Crippen LogP contribution is -2.53. The molecule has 4 aromatic rings. The molecule has 0 aromatic heterocycles. The maximum Gasteiger partial charge on any atom is 0.259 e. The number of nitrogens with one attached hydrogen (secondary N) is 1. The van der Waals surface area contributed by atoms with Crippen molar-refractivity contribution in [3.8, 4) is 6.07 Å². The van der Waals surface area contributed by atoms with Crippen molar-refractivity contribution in [2.45, 2.75) is 57.7 Å². The van der Waals surface area contributed by atoms with Gasteiger partial charge in [-0.3, -0.25) is 29.5 Å². The lowest BCUT2D eigenvalue weighted by Gasteiger charge is -2.36. The Morgan fingerprint density at radius 1 is 0.959 bits per heavy atom. The van der Waals surface area contributed by atoms with Crippen LogP contribution < -0.4 is 20.9 Å². The average Bonchev–Trinajstić information content (AvgIpc) is 3.35. The number of carbonyl (C=O) groups excluding carboxylic acids is 3. The normalized spacial score (nSPS) is 18.3. The van der Waals surface area contributed by atoms with Crippen LogP contribution in [0.5, 0.6) is 0 Å². The van der Waals surface area contributed by atoms with Gasteiger partial charge < -0.3 is 10.6 Å². The van der Waals surface area contributed by atoms with Crippen LogP contribution in [0.15, 0.2) is 66.7 Å². The zero-order chi connectivity index (χ0) is 34.4. The van der Waals surface area contributed by atoms with Gasteiger partial charge in [-0.25, -0.2) is 4.39 Å². The molecular formula is C39H39FN6O3. The third kappa shape index (κ3) is 6.40. The van der Waals surface area contributed by atoms with Crippen LogP contribution in [0.3, 0.4) is 0 Å². The molecule has 2 fully saturated rings. The van der Waals surface area contributed by atoms with Crippen LogP contribution in [0.4, 0.5) is 15.8 Å². The summed E-state index contributed by atoms with van der Waals surface area (Å²) >= 11 is 0. The largest absolute Gasteiger partial charge is 0.369 e. The molecule has 10 heteroatoms. The lowest BCUT2D eigenvalue weighted by atomic mass is 9.92. The summed E-state index contributed by atoms with van der Waals surface area (Å²) in [6.45, 7) is 7.88. The highest BCUT2D eigenvalue weighted by Crippen LogP contribution is 2.41. The van der Waals surface area contributed by atoms with E-state index in [9.17, 15) is 19.6 Å². The monoisotopic (exact) mass is 658 g/mol. The number of piperidine rings is 1. The van der Waals surface area contributed by atoms with Crippen molar-refractivity contribution in [3.05, 3.63) is 106 Å². The van der Waals surface area contributed by atoms with E-state index in [0.717, 1.165) is 59.3 Å². The van der Waals surface area contributed by atoms with Crippen molar-refractivity contribution < 1.29 is 18.8 Å². The minimum absolute atomic E-state index is 0.178. The van der Waals surface area contributed by atoms with E-state index in [1.54, 1.807) is 12.1 Å². The molecular weight excluding hydrogens is 619 g/mol. The van der Waals surface area contributed by atoms with Gasteiger partial charge >= 0.3 is 0 Å². The molecule has 0 radical (unpaired) electrons. The number of halogens is 1. The molecule has 0 bridgehead atoms. The number of hydrogen-bond acceptors (Lipinski definition) is 7. The Morgan fingerprint density at radius 3 is 2.45 bits per heavy atom. The number of carbonyl (C=O) groups is 3. The summed E-state index contributed by atoms with van der Waals surface area (Å²) in [6, 6.07) is 22.2. The number of benzene rings is 4. The number of nitrogens with two attached hydrogens (primary N) is 1. The molecule has 3 amide bonds. The zero-order valence-electron chi connectivity index (χ0n) is 27.8. The molecule has 0 unspecified atom stereocenters. The van der Waals surface area contributed by atoms with Crippen LogP contribution in [0.1, 0.15) is 64.9 Å². The van der Waals surface area contributed by atoms with E-state index in [1.807, 2.05) is 62.4 Å². The molecule has 3 N–H and O–H groups in total. The maximum absolute atomic E-state index is 15.6. The summed E-state index contributed by atoms with van der Waals surface area (Å²) in [5.74, 6) is -1.33. The summed E-state index contributed by atoms with van der Waals surface area (Å²) in [5, 5.41) is 13.5. The molecule has 3 aliphatic rings. The molecule has 2 saturated heterocycles. The Balaban J connectivity index is 1.03. The third-order valence-electron chi connectivity index (χ3n) is 9.84. The van der Waals surface area contributed by atoms with Crippen molar-refractivity contribution >= 4 is 39.9 Å². The fourth-order valence-electron chi connectivity index (χ4n) is 7.44. The van der Waals surface area contributed by atoms with E-state index >= 15 is 4.39 Å². The second-order valence-corrected chi connectivity index (χ2v) is 14.1. The predicted molar refractivity (Wildman–Crippen MR) is 187 cm³/mol. The summed E-state index contributed by atoms with van der Waals surface area (Å²) < 4.78 is 15.6. The first kappa shape index (κ1) is 32.4. The van der Waals surface area contributed by atoms with Crippen LogP contribution in [0.25, 0.3) is 10.8 Å². The summed E-state index contributed by atoms with van der Waals surface area (Å²) in [5.41, 5.74) is 12.1. The number of piperazine rings is 1. The fraction of sp³-hybridized carbons (Fsp3) is 0.333. The van der Waals surface area contributed by atoms with Crippen LogP contribution in [-0.2, 0) is 29.0 Å². The van der Waals surface area contributed by atoms with Crippen molar-refractivity contribution in [2.24, 2.45) is 5.73 Å². The standard InChI is InChI=1S/C39H39FN6O3/c1-39(2,42)21-28-20-29(10-8-27(28)22-41)45-16-14-44(15-17-45)23-24-6-7-26(32(40)18-24)19-25-9-11-33-36-30(25)4-3-5-31(36)38(49)46(33)34-12-13-35(47)43-37(34)48/h3-11,18,20,34H,12-17,19,21,23,42H2,1-2H3,(H,43,47,48)/t34-/m0/s1. The Morgan fingerprint density at radius 2 is 1.73 bits per heavy atom. The summed E-state index contributed by atoms with van der Waals surface area (Å²) in [4.78, 5) is 44.0. The van der Waals surface area contributed by atoms with Gasteiger partial charge in [-0.1, -0.05) is 30.3 Å². The predicted octanol–water partition coefficient (Wildman–Crippen LogP) is 4.81. The van der Waals surface area contributed by atoms with Crippen LogP contribution >= 0.6 is 0 Å². The van der Waals surface area contributed by atoms with E-state index in [0.29, 0.717) is 41.8 Å². The number of hydrogen-bond donors (Lipinski definition) is 2.